The summed E-state index contributed by atoms with van der Waals surface area (Å²) < 4.78 is 25.8. The summed E-state index contributed by atoms with van der Waals surface area (Å²) in [5.41, 5.74) is 2.48. The van der Waals surface area contributed by atoms with E-state index in [9.17, 15) is 9.65 Å². The molecule has 0 aliphatic carbocycles. The van der Waals surface area contributed by atoms with E-state index in [-0.39, 0.29) is 5.82 Å². The maximum absolute atomic E-state index is 13.5. The molecule has 0 amide bonds. The van der Waals surface area contributed by atoms with Gasteiger partial charge in [-0.15, -0.1) is 0 Å². The summed E-state index contributed by atoms with van der Waals surface area (Å²) in [7, 11) is 1.55. The van der Waals surface area contributed by atoms with Crippen LogP contribution in [0.3, 0.4) is 0 Å². The molecule has 0 spiro atoms. The third-order valence-electron chi connectivity index (χ3n) is 4.15. The van der Waals surface area contributed by atoms with Gasteiger partial charge in [0.15, 0.2) is 11.5 Å². The minimum Gasteiger partial charge on any atom is -0.493 e. The van der Waals surface area contributed by atoms with Crippen molar-refractivity contribution in [1.29, 1.82) is 5.26 Å². The first-order chi connectivity index (χ1) is 14.0. The van der Waals surface area contributed by atoms with Crippen LogP contribution in [0.25, 0.3) is 11.6 Å². The third kappa shape index (κ3) is 5.28. The van der Waals surface area contributed by atoms with Crippen LogP contribution in [-0.4, -0.2) is 7.11 Å². The lowest BCUT2D eigenvalue weighted by Gasteiger charge is -2.14. The summed E-state index contributed by atoms with van der Waals surface area (Å²) in [5, 5.41) is 10.1. The lowest BCUT2D eigenvalue weighted by Crippen LogP contribution is -2.00. The Labute approximate surface area is 187 Å². The number of nitriles is 1. The first-order valence-electron chi connectivity index (χ1n) is 8.63. The zero-order chi connectivity index (χ0) is 20.8. The fourth-order valence-electron chi connectivity index (χ4n) is 2.73. The molecule has 0 fully saturated rings. The van der Waals surface area contributed by atoms with Crippen LogP contribution in [0.4, 0.5) is 4.39 Å². The van der Waals surface area contributed by atoms with Crippen LogP contribution in [0.1, 0.15) is 16.7 Å². The summed E-state index contributed by atoms with van der Waals surface area (Å²) in [4.78, 5) is 0. The molecule has 29 heavy (non-hydrogen) atoms. The minimum absolute atomic E-state index is 0.300. The van der Waals surface area contributed by atoms with E-state index in [2.05, 4.69) is 28.7 Å². The number of nitrogens with zero attached hydrogens (tertiary/aromatic N) is 1. The highest BCUT2D eigenvalue weighted by Gasteiger charge is 2.13. The van der Waals surface area contributed by atoms with Gasteiger partial charge in [0.1, 0.15) is 12.4 Å². The van der Waals surface area contributed by atoms with Gasteiger partial charge >= 0.3 is 0 Å². The highest BCUT2D eigenvalue weighted by molar-refractivity contribution is 14.1. The van der Waals surface area contributed by atoms with Gasteiger partial charge in [0, 0.05) is 10.6 Å². The molecule has 0 aliphatic rings. The van der Waals surface area contributed by atoms with E-state index in [0.29, 0.717) is 34.3 Å². The van der Waals surface area contributed by atoms with Crippen LogP contribution in [-0.2, 0) is 6.61 Å². The van der Waals surface area contributed by atoms with Gasteiger partial charge in [0.25, 0.3) is 0 Å². The van der Waals surface area contributed by atoms with Gasteiger partial charge in [-0.25, -0.2) is 4.39 Å². The fraction of sp³-hybridized carbons (Fsp3) is 0.0870. The first kappa shape index (κ1) is 21.2. The molecule has 3 rings (SSSR count). The Bertz CT molecular complexity index is 1110. The van der Waals surface area contributed by atoms with Crippen molar-refractivity contribution >= 4 is 45.8 Å². The topological polar surface area (TPSA) is 42.2 Å². The first-order valence-corrected chi connectivity index (χ1v) is 10.1. The van der Waals surface area contributed by atoms with Gasteiger partial charge in [-0.05, 0) is 70.1 Å². The number of benzene rings is 3. The van der Waals surface area contributed by atoms with Gasteiger partial charge in [0.05, 0.1) is 22.3 Å². The number of hydrogen-bond acceptors (Lipinski definition) is 3. The van der Waals surface area contributed by atoms with Gasteiger partial charge in [0.2, 0.25) is 0 Å². The Morgan fingerprint density at radius 3 is 2.66 bits per heavy atom. The van der Waals surface area contributed by atoms with Crippen LogP contribution in [0.2, 0.25) is 5.02 Å². The number of allylic oxidation sites excluding steroid dienone is 1. The molecular formula is C23H16ClFINO2. The number of hydrogen-bond donors (Lipinski definition) is 0. The molecule has 0 saturated carbocycles. The minimum atomic E-state index is -0.390. The van der Waals surface area contributed by atoms with Crippen LogP contribution in [0.5, 0.6) is 11.5 Å². The van der Waals surface area contributed by atoms with Crippen molar-refractivity contribution in [3.63, 3.8) is 0 Å². The van der Waals surface area contributed by atoms with E-state index in [1.807, 2.05) is 30.3 Å². The van der Waals surface area contributed by atoms with E-state index < -0.39 is 0 Å². The van der Waals surface area contributed by atoms with E-state index in [0.717, 1.165) is 14.7 Å². The number of ether oxygens (including phenoxy) is 2. The Balaban J connectivity index is 1.91. The molecule has 0 atom stereocenters. The largest absolute Gasteiger partial charge is 0.493 e. The van der Waals surface area contributed by atoms with Gasteiger partial charge in [-0.1, -0.05) is 41.9 Å². The molecule has 0 aliphatic heterocycles. The maximum atomic E-state index is 13.5. The Kier molecular flexibility index (Phi) is 7.13. The highest BCUT2D eigenvalue weighted by atomic mass is 127. The van der Waals surface area contributed by atoms with Gasteiger partial charge < -0.3 is 9.47 Å². The van der Waals surface area contributed by atoms with Crippen molar-refractivity contribution in [2.24, 2.45) is 0 Å². The lowest BCUT2D eigenvalue weighted by atomic mass is 10.0. The molecule has 3 nitrogen and oxygen atoms in total. The molecule has 6 heteroatoms. The molecule has 3 aromatic carbocycles. The molecule has 0 N–H and O–H groups in total. The predicted molar refractivity (Wildman–Crippen MR) is 121 cm³/mol. The third-order valence-corrected chi connectivity index (χ3v) is 5.32. The second kappa shape index (κ2) is 9.77. The molecule has 0 unspecified atom stereocenters. The van der Waals surface area contributed by atoms with E-state index in [1.54, 1.807) is 31.4 Å². The normalized spacial score (nSPS) is 11.1. The van der Waals surface area contributed by atoms with Crippen molar-refractivity contribution in [2.45, 2.75) is 6.61 Å². The quantitative estimate of drug-likeness (QED) is 0.206. The number of methoxy groups -OCH3 is 1. The Morgan fingerprint density at radius 2 is 1.97 bits per heavy atom. The van der Waals surface area contributed by atoms with Crippen LogP contribution in [0, 0.1) is 20.7 Å². The second-order valence-electron chi connectivity index (χ2n) is 6.09. The maximum Gasteiger partial charge on any atom is 0.174 e. The van der Waals surface area contributed by atoms with Crippen molar-refractivity contribution in [3.8, 4) is 17.6 Å². The van der Waals surface area contributed by atoms with E-state index >= 15 is 0 Å². The average molecular weight is 520 g/mol. The summed E-state index contributed by atoms with van der Waals surface area (Å²) in [6.45, 7) is 0.300. The monoisotopic (exact) mass is 519 g/mol. The smallest absolute Gasteiger partial charge is 0.174 e. The summed E-state index contributed by atoms with van der Waals surface area (Å²) in [5.74, 6) is 0.736. The molecule has 3 aromatic rings. The van der Waals surface area contributed by atoms with E-state index in [1.165, 1.54) is 12.1 Å². The Morgan fingerprint density at radius 1 is 1.17 bits per heavy atom. The standard InChI is InChI=1S/C23H16ClFINO2/c1-28-22-11-15(9-18(13-27)16-6-4-7-19(25)12-16)10-21(26)23(22)29-14-17-5-2-3-8-20(17)24/h2-12H,14H2,1H3/b18-9-. The highest BCUT2D eigenvalue weighted by Crippen LogP contribution is 2.36. The zero-order valence-electron chi connectivity index (χ0n) is 15.5. The fourth-order valence-corrected chi connectivity index (χ4v) is 3.70. The summed E-state index contributed by atoms with van der Waals surface area (Å²) >= 11 is 8.35. The van der Waals surface area contributed by atoms with E-state index in [4.69, 9.17) is 21.1 Å². The Hall–Kier alpha value is -2.56. The zero-order valence-corrected chi connectivity index (χ0v) is 18.4. The van der Waals surface area contributed by atoms with Crippen LogP contribution < -0.4 is 9.47 Å². The molecule has 0 bridgehead atoms. The lowest BCUT2D eigenvalue weighted by molar-refractivity contribution is 0.282. The summed E-state index contributed by atoms with van der Waals surface area (Å²) in [6, 6.07) is 19.2. The molecule has 146 valence electrons. The second-order valence-corrected chi connectivity index (χ2v) is 7.66. The molecule has 0 aromatic heterocycles. The van der Waals surface area contributed by atoms with Crippen molar-refractivity contribution < 1.29 is 13.9 Å². The average Bonchev–Trinajstić information content (AvgIpc) is 2.72. The molecular weight excluding hydrogens is 504 g/mol. The van der Waals surface area contributed by atoms with Crippen LogP contribution in [0.15, 0.2) is 60.7 Å². The molecule has 0 saturated heterocycles. The van der Waals surface area contributed by atoms with Crippen molar-refractivity contribution in [2.75, 3.05) is 7.11 Å². The van der Waals surface area contributed by atoms with Crippen LogP contribution >= 0.6 is 34.2 Å². The number of rotatable bonds is 6. The molecule has 0 heterocycles. The number of halogens is 3. The van der Waals surface area contributed by atoms with Gasteiger partial charge in [-0.2, -0.15) is 5.26 Å². The SMILES string of the molecule is COc1cc(/C=C(/C#N)c2cccc(F)c2)cc(I)c1OCc1ccccc1Cl. The van der Waals surface area contributed by atoms with Crippen molar-refractivity contribution in [3.05, 3.63) is 91.8 Å². The predicted octanol–water partition coefficient (Wildman–Crippen LogP) is 6.74. The van der Waals surface area contributed by atoms with Crippen molar-refractivity contribution in [1.82, 2.24) is 0 Å². The van der Waals surface area contributed by atoms with Gasteiger partial charge in [-0.3, -0.25) is 0 Å². The summed E-state index contributed by atoms with van der Waals surface area (Å²) in [6.07, 6.45) is 1.69. The molecule has 0 radical (unpaired) electrons.